The van der Waals surface area contributed by atoms with Crippen molar-refractivity contribution in [3.05, 3.63) is 40.5 Å². The number of aryl methyl sites for hydroxylation is 1. The Hall–Kier alpha value is -1.64. The monoisotopic (exact) mass is 331 g/mol. The molecule has 114 valence electrons. The van der Waals surface area contributed by atoms with Crippen LogP contribution in [0.15, 0.2) is 22.7 Å². The van der Waals surface area contributed by atoms with Crippen LogP contribution in [0.4, 0.5) is 0 Å². The van der Waals surface area contributed by atoms with Gasteiger partial charge < -0.3 is 9.26 Å². The molecule has 0 unspecified atom stereocenters. The Bertz CT molecular complexity index is 730. The van der Waals surface area contributed by atoms with Gasteiger partial charge in [0.15, 0.2) is 5.82 Å². The molecule has 0 saturated heterocycles. The molecule has 7 nitrogen and oxygen atoms in total. The smallest absolute Gasteiger partial charge is 0.223 e. The molecule has 0 aliphatic rings. The first-order valence-corrected chi connectivity index (χ1v) is 8.01. The Morgan fingerprint density at radius 2 is 2.19 bits per heavy atom. The van der Waals surface area contributed by atoms with Crippen LogP contribution in [0.1, 0.15) is 17.3 Å². The number of aromatic nitrogens is 2. The van der Waals surface area contributed by atoms with Gasteiger partial charge in [-0.25, -0.2) is 13.1 Å². The van der Waals surface area contributed by atoms with Gasteiger partial charge in [0.05, 0.1) is 7.11 Å². The molecule has 1 aromatic heterocycles. The summed E-state index contributed by atoms with van der Waals surface area (Å²) in [7, 11) is -2.09. The molecule has 0 spiro atoms. The topological polar surface area (TPSA) is 94.3 Å². The first kappa shape index (κ1) is 15.7. The number of ether oxygens (including phenoxy) is 1. The third kappa shape index (κ3) is 4.42. The van der Waals surface area contributed by atoms with Crippen molar-refractivity contribution in [3.8, 4) is 5.75 Å². The van der Waals surface area contributed by atoms with Gasteiger partial charge in [0.1, 0.15) is 11.5 Å². The maximum Gasteiger partial charge on any atom is 0.223 e. The Labute approximate surface area is 127 Å². The first-order chi connectivity index (χ1) is 9.89. The second kappa shape index (κ2) is 6.42. The van der Waals surface area contributed by atoms with Crippen molar-refractivity contribution in [1.29, 1.82) is 0 Å². The summed E-state index contributed by atoms with van der Waals surface area (Å²) in [6.45, 7) is 1.65. The maximum atomic E-state index is 12.0. The summed E-state index contributed by atoms with van der Waals surface area (Å²) in [4.78, 5) is 3.86. The predicted molar refractivity (Wildman–Crippen MR) is 76.5 cm³/mol. The van der Waals surface area contributed by atoms with E-state index in [1.54, 1.807) is 25.1 Å². The highest BCUT2D eigenvalue weighted by Gasteiger charge is 2.16. The minimum Gasteiger partial charge on any atom is -0.496 e. The van der Waals surface area contributed by atoms with Crippen molar-refractivity contribution in [2.75, 3.05) is 7.11 Å². The molecule has 0 radical (unpaired) electrons. The van der Waals surface area contributed by atoms with E-state index in [9.17, 15) is 8.42 Å². The fourth-order valence-corrected chi connectivity index (χ4v) is 2.82. The molecule has 21 heavy (non-hydrogen) atoms. The molecule has 0 aliphatic carbocycles. The molecule has 9 heteroatoms. The third-order valence-electron chi connectivity index (χ3n) is 2.61. The van der Waals surface area contributed by atoms with E-state index >= 15 is 0 Å². The molecule has 1 aromatic carbocycles. The van der Waals surface area contributed by atoms with Crippen LogP contribution in [0.5, 0.6) is 5.75 Å². The Morgan fingerprint density at radius 3 is 2.81 bits per heavy atom. The summed E-state index contributed by atoms with van der Waals surface area (Å²) in [5, 5.41) is 4.05. The van der Waals surface area contributed by atoms with E-state index in [1.807, 2.05) is 0 Å². The number of nitrogens with zero attached hydrogens (tertiary/aromatic N) is 2. The van der Waals surface area contributed by atoms with E-state index in [0.29, 0.717) is 22.2 Å². The van der Waals surface area contributed by atoms with E-state index in [1.165, 1.54) is 7.11 Å². The summed E-state index contributed by atoms with van der Waals surface area (Å²) in [5.41, 5.74) is 0.637. The molecule has 1 N–H and O–H groups in total. The number of rotatable bonds is 6. The average molecular weight is 332 g/mol. The molecular weight excluding hydrogens is 318 g/mol. The zero-order chi connectivity index (χ0) is 15.5. The molecule has 0 fully saturated rings. The zero-order valence-corrected chi connectivity index (χ0v) is 13.0. The van der Waals surface area contributed by atoms with Crippen molar-refractivity contribution < 1.29 is 17.7 Å². The number of nitrogens with one attached hydrogen (secondary N) is 1. The van der Waals surface area contributed by atoms with Crippen molar-refractivity contribution in [2.45, 2.75) is 19.2 Å². The van der Waals surface area contributed by atoms with Crippen LogP contribution in [0.2, 0.25) is 5.02 Å². The van der Waals surface area contributed by atoms with Gasteiger partial charge in [-0.1, -0.05) is 16.8 Å². The lowest BCUT2D eigenvalue weighted by Gasteiger charge is -2.10. The summed E-state index contributed by atoms with van der Waals surface area (Å²) < 4.78 is 36.3. The zero-order valence-electron chi connectivity index (χ0n) is 11.5. The predicted octanol–water partition coefficient (Wildman–Crippen LogP) is 1.66. The lowest BCUT2D eigenvalue weighted by atomic mass is 10.2. The molecule has 0 aliphatic heterocycles. The number of sulfonamides is 1. The van der Waals surface area contributed by atoms with Crippen LogP contribution in [0.25, 0.3) is 0 Å². The molecule has 2 rings (SSSR count). The van der Waals surface area contributed by atoms with E-state index in [0.717, 1.165) is 0 Å². The molecule has 0 bridgehead atoms. The SMILES string of the molecule is COc1ccc(Cl)cc1CNS(=O)(=O)Cc1noc(C)n1. The minimum atomic E-state index is -3.59. The Kier molecular flexibility index (Phi) is 4.81. The van der Waals surface area contributed by atoms with Gasteiger partial charge in [-0.2, -0.15) is 4.98 Å². The number of benzene rings is 1. The van der Waals surface area contributed by atoms with E-state index in [4.69, 9.17) is 20.9 Å². The summed E-state index contributed by atoms with van der Waals surface area (Å²) in [6.07, 6.45) is 0. The minimum absolute atomic E-state index is 0.0584. The standard InChI is InChI=1S/C12H14ClN3O4S/c1-8-15-12(16-20-8)7-21(17,18)14-6-9-5-10(13)3-4-11(9)19-2/h3-5,14H,6-7H2,1-2H3. The molecule has 2 aromatic rings. The number of methoxy groups -OCH3 is 1. The van der Waals surface area contributed by atoms with Crippen molar-refractivity contribution in [2.24, 2.45) is 0 Å². The van der Waals surface area contributed by atoms with Gasteiger partial charge in [-0.3, -0.25) is 0 Å². The van der Waals surface area contributed by atoms with Crippen molar-refractivity contribution in [1.82, 2.24) is 14.9 Å². The second-order valence-corrected chi connectivity index (χ2v) is 6.51. The maximum absolute atomic E-state index is 12.0. The highest BCUT2D eigenvalue weighted by atomic mass is 35.5. The van der Waals surface area contributed by atoms with Gasteiger partial charge in [0, 0.05) is 24.1 Å². The van der Waals surface area contributed by atoms with Crippen LogP contribution in [-0.2, 0) is 22.3 Å². The van der Waals surface area contributed by atoms with Gasteiger partial charge in [0.2, 0.25) is 15.9 Å². The lowest BCUT2D eigenvalue weighted by molar-refractivity contribution is 0.388. The fourth-order valence-electron chi connectivity index (χ4n) is 1.69. The average Bonchev–Trinajstić information content (AvgIpc) is 2.81. The fraction of sp³-hybridized carbons (Fsp3) is 0.333. The van der Waals surface area contributed by atoms with E-state index in [2.05, 4.69) is 14.9 Å². The molecular formula is C12H14ClN3O4S. The highest BCUT2D eigenvalue weighted by molar-refractivity contribution is 7.88. The van der Waals surface area contributed by atoms with Crippen LogP contribution >= 0.6 is 11.6 Å². The normalized spacial score (nSPS) is 11.6. The lowest BCUT2D eigenvalue weighted by Crippen LogP contribution is -2.25. The number of halogens is 1. The van der Waals surface area contributed by atoms with Gasteiger partial charge in [0.25, 0.3) is 0 Å². The van der Waals surface area contributed by atoms with E-state index < -0.39 is 10.0 Å². The van der Waals surface area contributed by atoms with Crippen LogP contribution < -0.4 is 9.46 Å². The number of hydrogen-bond acceptors (Lipinski definition) is 6. The quantitative estimate of drug-likeness (QED) is 0.865. The Morgan fingerprint density at radius 1 is 1.43 bits per heavy atom. The van der Waals surface area contributed by atoms with Crippen LogP contribution in [-0.4, -0.2) is 25.7 Å². The molecule has 0 saturated carbocycles. The van der Waals surface area contributed by atoms with Gasteiger partial charge >= 0.3 is 0 Å². The summed E-state index contributed by atoms with van der Waals surface area (Å²) in [5.74, 6) is 0.625. The largest absolute Gasteiger partial charge is 0.496 e. The summed E-state index contributed by atoms with van der Waals surface area (Å²) in [6, 6.07) is 4.98. The van der Waals surface area contributed by atoms with Crippen molar-refractivity contribution in [3.63, 3.8) is 0 Å². The van der Waals surface area contributed by atoms with Crippen LogP contribution in [0.3, 0.4) is 0 Å². The third-order valence-corrected chi connectivity index (χ3v) is 4.07. The molecule has 0 atom stereocenters. The van der Waals surface area contributed by atoms with E-state index in [-0.39, 0.29) is 18.1 Å². The molecule has 1 heterocycles. The Balaban J connectivity index is 2.06. The summed E-state index contributed by atoms with van der Waals surface area (Å²) >= 11 is 5.89. The first-order valence-electron chi connectivity index (χ1n) is 5.98. The van der Waals surface area contributed by atoms with Crippen LogP contribution in [0, 0.1) is 6.92 Å². The second-order valence-electron chi connectivity index (χ2n) is 4.27. The number of hydrogen-bond donors (Lipinski definition) is 1. The van der Waals surface area contributed by atoms with Crippen molar-refractivity contribution >= 4 is 21.6 Å². The molecule has 0 amide bonds. The van der Waals surface area contributed by atoms with Gasteiger partial charge in [-0.05, 0) is 18.2 Å². The van der Waals surface area contributed by atoms with Gasteiger partial charge in [-0.15, -0.1) is 0 Å². The highest BCUT2D eigenvalue weighted by Crippen LogP contribution is 2.22.